The fourth-order valence-corrected chi connectivity index (χ4v) is 8.73. The lowest BCUT2D eigenvalue weighted by atomic mass is 10.0. The molecule has 316 valence electrons. The van der Waals surface area contributed by atoms with Gasteiger partial charge in [-0.3, -0.25) is 0 Å². The first-order valence-electron chi connectivity index (χ1n) is 19.8. The Balaban J connectivity index is 0.000000175. The summed E-state index contributed by atoms with van der Waals surface area (Å²) < 4.78 is 29.8. The van der Waals surface area contributed by atoms with Gasteiger partial charge in [0.25, 0.3) is 0 Å². The van der Waals surface area contributed by atoms with E-state index in [1.54, 1.807) is 58.0 Å². The number of thiazole rings is 2. The highest BCUT2D eigenvalue weighted by atomic mass is 32.1. The van der Waals surface area contributed by atoms with Crippen molar-refractivity contribution in [3.63, 3.8) is 0 Å². The molecule has 15 heteroatoms. The third-order valence-electron chi connectivity index (χ3n) is 9.77. The molecule has 5 aromatic carbocycles. The Morgan fingerprint density at radius 2 is 1.02 bits per heavy atom. The van der Waals surface area contributed by atoms with E-state index in [-0.39, 0.29) is 18.6 Å². The zero-order valence-electron chi connectivity index (χ0n) is 34.8. The normalized spacial score (nSPS) is 11.6. The minimum absolute atomic E-state index is 0.164. The maximum absolute atomic E-state index is 9.81. The summed E-state index contributed by atoms with van der Waals surface area (Å²) in [4.78, 5) is 26.6. The number of ether oxygens (including phenoxy) is 5. The number of methoxy groups -OCH3 is 3. The van der Waals surface area contributed by atoms with Crippen LogP contribution in [0.5, 0.6) is 29.3 Å². The molecule has 0 N–H and O–H groups in total. The summed E-state index contributed by atoms with van der Waals surface area (Å²) >= 11 is 2.98. The number of fused-ring (bicyclic) bond motifs is 2. The maximum atomic E-state index is 9.81. The minimum Gasteiger partial charge on any atom is -0.493 e. The summed E-state index contributed by atoms with van der Waals surface area (Å²) in [7, 11) is 4.66. The number of benzene rings is 5. The molecule has 4 aromatic heterocycles. The van der Waals surface area contributed by atoms with Crippen molar-refractivity contribution in [1.29, 1.82) is 10.5 Å². The molecule has 4 heterocycles. The number of nitrogens with zero attached hydrogens (tertiary/aromatic N) is 8. The van der Waals surface area contributed by atoms with E-state index >= 15 is 0 Å². The van der Waals surface area contributed by atoms with Gasteiger partial charge < -0.3 is 23.7 Å². The highest BCUT2D eigenvalue weighted by molar-refractivity contribution is 7.19. The van der Waals surface area contributed by atoms with Gasteiger partial charge in [-0.05, 0) is 76.9 Å². The van der Waals surface area contributed by atoms with Crippen molar-refractivity contribution < 1.29 is 23.7 Å². The van der Waals surface area contributed by atoms with Gasteiger partial charge in [-0.25, -0.2) is 19.9 Å². The molecule has 0 saturated carbocycles. The van der Waals surface area contributed by atoms with Crippen LogP contribution in [0.2, 0.25) is 0 Å². The molecule has 0 aliphatic carbocycles. The van der Waals surface area contributed by atoms with Crippen molar-refractivity contribution in [1.82, 2.24) is 29.9 Å². The first kappa shape index (κ1) is 42.7. The molecular formula is C49H38N8O5S2. The van der Waals surface area contributed by atoms with E-state index in [9.17, 15) is 10.5 Å². The largest absolute Gasteiger partial charge is 0.493 e. The van der Waals surface area contributed by atoms with Crippen molar-refractivity contribution in [2.24, 2.45) is 0 Å². The van der Waals surface area contributed by atoms with Crippen molar-refractivity contribution >= 4 is 43.1 Å². The van der Waals surface area contributed by atoms with Gasteiger partial charge >= 0.3 is 12.0 Å². The summed E-state index contributed by atoms with van der Waals surface area (Å²) in [5.41, 5.74) is 6.94. The predicted molar refractivity (Wildman–Crippen MR) is 245 cm³/mol. The maximum Gasteiger partial charge on any atom is 0.316 e. The van der Waals surface area contributed by atoms with Crippen molar-refractivity contribution in [3.05, 3.63) is 172 Å². The summed E-state index contributed by atoms with van der Waals surface area (Å²) in [6.45, 7) is 0.515. The Morgan fingerprint density at radius 3 is 1.52 bits per heavy atom. The third-order valence-corrected chi connectivity index (χ3v) is 12.0. The zero-order chi connectivity index (χ0) is 44.3. The summed E-state index contributed by atoms with van der Waals surface area (Å²) in [6.07, 6.45) is 3.19. The molecule has 0 aliphatic heterocycles. The number of rotatable bonds is 14. The van der Waals surface area contributed by atoms with Crippen LogP contribution in [0.1, 0.15) is 44.4 Å². The molecule has 9 aromatic rings. The van der Waals surface area contributed by atoms with Gasteiger partial charge in [0.2, 0.25) is 5.75 Å². The van der Waals surface area contributed by atoms with Crippen LogP contribution in [0.3, 0.4) is 0 Å². The molecule has 0 fully saturated rings. The van der Waals surface area contributed by atoms with Gasteiger partial charge in [0, 0.05) is 12.4 Å². The van der Waals surface area contributed by atoms with Crippen molar-refractivity contribution in [2.75, 3.05) is 21.3 Å². The van der Waals surface area contributed by atoms with Crippen LogP contribution in [-0.4, -0.2) is 51.2 Å². The summed E-state index contributed by atoms with van der Waals surface area (Å²) in [5, 5.41) is 21.0. The quantitative estimate of drug-likeness (QED) is 0.101. The Bertz CT molecular complexity index is 3020. The third kappa shape index (κ3) is 9.87. The minimum atomic E-state index is -0.612. The molecule has 64 heavy (non-hydrogen) atoms. The van der Waals surface area contributed by atoms with E-state index in [4.69, 9.17) is 23.7 Å². The molecule has 2 atom stereocenters. The average molecular weight is 883 g/mol. The molecule has 9 rings (SSSR count). The zero-order valence-corrected chi connectivity index (χ0v) is 36.4. The van der Waals surface area contributed by atoms with Crippen LogP contribution >= 0.6 is 22.7 Å². The van der Waals surface area contributed by atoms with Crippen LogP contribution < -0.4 is 23.7 Å². The van der Waals surface area contributed by atoms with Gasteiger partial charge in [-0.1, -0.05) is 72.8 Å². The van der Waals surface area contributed by atoms with E-state index in [1.807, 2.05) is 78.9 Å². The first-order chi connectivity index (χ1) is 31.5. The predicted octanol–water partition coefficient (Wildman–Crippen LogP) is 10.3. The average Bonchev–Trinajstić information content (AvgIpc) is 3.98. The van der Waals surface area contributed by atoms with Gasteiger partial charge in [0.05, 0.1) is 65.3 Å². The Hall–Kier alpha value is -7.98. The molecule has 2 unspecified atom stereocenters. The summed E-state index contributed by atoms with van der Waals surface area (Å²) in [6, 6.07) is 46.1. The van der Waals surface area contributed by atoms with E-state index in [2.05, 4.69) is 66.3 Å². The van der Waals surface area contributed by atoms with E-state index in [0.717, 1.165) is 42.7 Å². The van der Waals surface area contributed by atoms with E-state index < -0.39 is 11.8 Å². The monoisotopic (exact) mass is 882 g/mol. The number of nitriles is 2. The lowest BCUT2D eigenvalue weighted by Gasteiger charge is -2.14. The van der Waals surface area contributed by atoms with Gasteiger partial charge in [-0.15, -0.1) is 22.7 Å². The smallest absolute Gasteiger partial charge is 0.316 e. The van der Waals surface area contributed by atoms with Crippen LogP contribution in [0.25, 0.3) is 31.6 Å². The fourth-order valence-electron chi connectivity index (χ4n) is 6.68. The number of aromatic nitrogens is 6. The van der Waals surface area contributed by atoms with Crippen LogP contribution in [0, 0.1) is 22.7 Å². The van der Waals surface area contributed by atoms with Crippen LogP contribution in [0.15, 0.2) is 140 Å². The Morgan fingerprint density at radius 1 is 0.516 bits per heavy atom. The van der Waals surface area contributed by atoms with Gasteiger partial charge in [0.15, 0.2) is 11.5 Å². The highest BCUT2D eigenvalue weighted by Gasteiger charge is 2.22. The molecule has 0 bridgehead atoms. The molecule has 0 spiro atoms. The Labute approximate surface area is 376 Å². The van der Waals surface area contributed by atoms with Crippen LogP contribution in [0.4, 0.5) is 0 Å². The van der Waals surface area contributed by atoms with Crippen molar-refractivity contribution in [2.45, 2.75) is 25.0 Å². The molecule has 0 saturated heterocycles. The number of para-hydroxylation sites is 2. The second kappa shape index (κ2) is 20.3. The lowest BCUT2D eigenvalue weighted by Crippen LogP contribution is -2.05. The van der Waals surface area contributed by atoms with Crippen LogP contribution in [-0.2, 0) is 13.2 Å². The first-order valence-corrected chi connectivity index (χ1v) is 21.4. The molecule has 0 radical (unpaired) electrons. The molecule has 0 amide bonds. The topological polar surface area (TPSA) is 171 Å². The molecule has 13 nitrogen and oxygen atoms in total. The fraction of sp³-hybridized carbons (Fsp3) is 0.143. The van der Waals surface area contributed by atoms with E-state index in [1.165, 1.54) is 22.7 Å². The van der Waals surface area contributed by atoms with E-state index in [0.29, 0.717) is 45.3 Å². The summed E-state index contributed by atoms with van der Waals surface area (Å²) in [5.74, 6) is 0.378. The highest BCUT2D eigenvalue weighted by Crippen LogP contribution is 2.39. The Kier molecular flexibility index (Phi) is 13.5. The van der Waals surface area contributed by atoms with Gasteiger partial charge in [-0.2, -0.15) is 20.5 Å². The SMILES string of the molecule is COc1cc(COc2nccc(C(C#N)c3nc4ccccc4s3)n2)cc(OC)c1OC.N#CC(c1ccnc(OCc2cccc(-c3ccccc3)c2)n1)c1nc2ccccc2s1. The number of hydrogen-bond acceptors (Lipinski definition) is 15. The second-order valence-electron chi connectivity index (χ2n) is 13.9. The van der Waals surface area contributed by atoms with Gasteiger partial charge in [0.1, 0.15) is 35.1 Å². The second-order valence-corrected chi connectivity index (χ2v) is 16.0. The van der Waals surface area contributed by atoms with Crippen molar-refractivity contribution in [3.8, 4) is 52.5 Å². The number of hydrogen-bond donors (Lipinski definition) is 0. The molecular weight excluding hydrogens is 845 g/mol. The lowest BCUT2D eigenvalue weighted by molar-refractivity contribution is 0.276. The molecule has 0 aliphatic rings. The standard InChI is InChI=1S/C26H18N4OS.C23H20N4O4S/c27-16-21(25-29-23-11-4-5-12-24(23)32-25)22-13-14-28-26(30-22)31-17-18-7-6-10-20(15-18)19-8-2-1-3-9-19;1-28-18-10-14(11-19(29-2)21(18)30-3)13-31-23-25-9-8-16(27-23)15(12-24)22-26-17-6-4-5-7-20(17)32-22/h1-15,21H,17H2;4-11,15H,13H2,1-3H3.